The summed E-state index contributed by atoms with van der Waals surface area (Å²) in [6.45, 7) is 1.38. The Morgan fingerprint density at radius 2 is 1.90 bits per heavy atom. The maximum Gasteiger partial charge on any atom is 0.573 e. The zero-order valence-corrected chi connectivity index (χ0v) is 10.8. The number of aryl methyl sites for hydroxylation is 1. The van der Waals surface area contributed by atoms with E-state index in [-0.39, 0.29) is 17.1 Å². The predicted molar refractivity (Wildman–Crippen MR) is 63.9 cm³/mol. The first kappa shape index (κ1) is 14.5. The van der Waals surface area contributed by atoms with Gasteiger partial charge in [0.1, 0.15) is 5.75 Å². The second-order valence-electron chi connectivity index (χ2n) is 3.81. The van der Waals surface area contributed by atoms with Crippen LogP contribution in [0.3, 0.4) is 0 Å². The summed E-state index contributed by atoms with van der Waals surface area (Å²) in [7, 11) is 0. The minimum atomic E-state index is -4.80. The van der Waals surface area contributed by atoms with E-state index in [0.29, 0.717) is 0 Å². The first-order valence-electron chi connectivity index (χ1n) is 5.32. The molecule has 8 heteroatoms. The molecule has 0 aliphatic rings. The van der Waals surface area contributed by atoms with Crippen LogP contribution in [0.1, 0.15) is 5.69 Å². The normalized spacial score (nSPS) is 11.5. The number of hydrogen-bond acceptors (Lipinski definition) is 3. The van der Waals surface area contributed by atoms with Crippen LogP contribution in [0.25, 0.3) is 11.4 Å². The number of rotatable bonds is 2. The van der Waals surface area contributed by atoms with Crippen LogP contribution in [0.4, 0.5) is 17.6 Å². The molecule has 2 aromatic rings. The van der Waals surface area contributed by atoms with Crippen LogP contribution in [-0.2, 0) is 0 Å². The Bertz CT molecular complexity index is 623. The van der Waals surface area contributed by atoms with Gasteiger partial charge in [0.2, 0.25) is 0 Å². The van der Waals surface area contributed by atoms with Gasteiger partial charge in [0.25, 0.3) is 0 Å². The minimum Gasteiger partial charge on any atom is -0.406 e. The standard InChI is InChI=1S/C12H7ClF4N2O/c1-6-9(14)10(13)19-11(18-6)7-3-2-4-8(5-7)20-12(15,16)17/h2-5H,1H3. The highest BCUT2D eigenvalue weighted by Gasteiger charge is 2.31. The Hall–Kier alpha value is -1.89. The van der Waals surface area contributed by atoms with Crippen LogP contribution in [-0.4, -0.2) is 16.3 Å². The van der Waals surface area contributed by atoms with Crippen molar-refractivity contribution >= 4 is 11.6 Å². The maximum absolute atomic E-state index is 13.3. The van der Waals surface area contributed by atoms with Gasteiger partial charge in [-0.1, -0.05) is 23.7 Å². The third-order valence-corrected chi connectivity index (χ3v) is 2.55. The summed E-state index contributed by atoms with van der Waals surface area (Å²) in [5.74, 6) is -1.17. The van der Waals surface area contributed by atoms with E-state index in [0.717, 1.165) is 12.1 Å². The number of nitrogens with zero attached hydrogens (tertiary/aromatic N) is 2. The van der Waals surface area contributed by atoms with Gasteiger partial charge in [-0.3, -0.25) is 0 Å². The lowest BCUT2D eigenvalue weighted by molar-refractivity contribution is -0.274. The summed E-state index contributed by atoms with van der Waals surface area (Å²) >= 11 is 5.58. The molecule has 1 heterocycles. The molecule has 106 valence electrons. The van der Waals surface area contributed by atoms with Crippen molar-refractivity contribution in [2.45, 2.75) is 13.3 Å². The summed E-state index contributed by atoms with van der Waals surface area (Å²) in [4.78, 5) is 7.52. The van der Waals surface area contributed by atoms with Gasteiger partial charge in [0, 0.05) is 5.56 Å². The largest absolute Gasteiger partial charge is 0.573 e. The molecule has 0 saturated heterocycles. The highest BCUT2D eigenvalue weighted by molar-refractivity contribution is 6.29. The summed E-state index contributed by atoms with van der Waals surface area (Å²) in [6.07, 6.45) is -4.80. The molecule has 0 amide bonds. The van der Waals surface area contributed by atoms with Crippen LogP contribution >= 0.6 is 11.6 Å². The number of aromatic nitrogens is 2. The summed E-state index contributed by atoms with van der Waals surface area (Å²) in [5.41, 5.74) is 0.235. The maximum atomic E-state index is 13.3. The summed E-state index contributed by atoms with van der Waals surface area (Å²) in [5, 5.41) is -0.394. The van der Waals surface area contributed by atoms with Crippen molar-refractivity contribution < 1.29 is 22.3 Å². The van der Waals surface area contributed by atoms with E-state index < -0.39 is 23.1 Å². The van der Waals surface area contributed by atoms with Gasteiger partial charge in [0.05, 0.1) is 5.69 Å². The number of ether oxygens (including phenoxy) is 1. The van der Waals surface area contributed by atoms with Crippen molar-refractivity contribution in [3.05, 3.63) is 40.9 Å². The third kappa shape index (κ3) is 3.36. The molecule has 0 bridgehead atoms. The van der Waals surface area contributed by atoms with Gasteiger partial charge in [-0.05, 0) is 19.1 Å². The van der Waals surface area contributed by atoms with E-state index in [1.807, 2.05) is 0 Å². The average molecular weight is 307 g/mol. The van der Waals surface area contributed by atoms with E-state index in [2.05, 4.69) is 14.7 Å². The van der Waals surface area contributed by atoms with Crippen molar-refractivity contribution in [3.63, 3.8) is 0 Å². The number of hydrogen-bond donors (Lipinski definition) is 0. The van der Waals surface area contributed by atoms with Crippen molar-refractivity contribution in [3.8, 4) is 17.1 Å². The van der Waals surface area contributed by atoms with Gasteiger partial charge < -0.3 is 4.74 Å². The van der Waals surface area contributed by atoms with Crippen LogP contribution < -0.4 is 4.74 Å². The van der Waals surface area contributed by atoms with Gasteiger partial charge >= 0.3 is 6.36 Å². The van der Waals surface area contributed by atoms with Gasteiger partial charge in [-0.2, -0.15) is 0 Å². The van der Waals surface area contributed by atoms with E-state index in [4.69, 9.17) is 11.6 Å². The van der Waals surface area contributed by atoms with Gasteiger partial charge in [-0.15, -0.1) is 13.2 Å². The Morgan fingerprint density at radius 3 is 2.50 bits per heavy atom. The van der Waals surface area contributed by atoms with Crippen LogP contribution in [0.5, 0.6) is 5.75 Å². The molecule has 1 aromatic carbocycles. The molecule has 0 fully saturated rings. The van der Waals surface area contributed by atoms with Crippen molar-refractivity contribution in [2.24, 2.45) is 0 Å². The molecule has 0 atom stereocenters. The zero-order valence-electron chi connectivity index (χ0n) is 10.0. The average Bonchev–Trinajstić information content (AvgIpc) is 2.33. The number of alkyl halides is 3. The molecule has 0 aliphatic heterocycles. The third-order valence-electron chi connectivity index (χ3n) is 2.30. The fraction of sp³-hybridized carbons (Fsp3) is 0.167. The Morgan fingerprint density at radius 1 is 1.20 bits per heavy atom. The Balaban J connectivity index is 2.41. The highest BCUT2D eigenvalue weighted by Crippen LogP contribution is 2.27. The molecule has 0 radical (unpaired) electrons. The Kier molecular flexibility index (Phi) is 3.80. The van der Waals surface area contributed by atoms with Crippen LogP contribution in [0, 0.1) is 12.7 Å². The lowest BCUT2D eigenvalue weighted by Gasteiger charge is -2.10. The second-order valence-corrected chi connectivity index (χ2v) is 4.17. The molecular formula is C12H7ClF4N2O. The predicted octanol–water partition coefficient (Wildman–Crippen LogP) is 4.14. The second kappa shape index (κ2) is 5.24. The van der Waals surface area contributed by atoms with Crippen LogP contribution in [0.15, 0.2) is 24.3 Å². The van der Waals surface area contributed by atoms with E-state index >= 15 is 0 Å². The van der Waals surface area contributed by atoms with E-state index in [1.165, 1.54) is 19.1 Å². The lowest BCUT2D eigenvalue weighted by Crippen LogP contribution is -2.17. The molecule has 0 N–H and O–H groups in total. The molecule has 0 unspecified atom stereocenters. The van der Waals surface area contributed by atoms with Gasteiger partial charge in [-0.25, -0.2) is 14.4 Å². The van der Waals surface area contributed by atoms with Crippen molar-refractivity contribution in [1.29, 1.82) is 0 Å². The van der Waals surface area contributed by atoms with Gasteiger partial charge in [0.15, 0.2) is 16.8 Å². The highest BCUT2D eigenvalue weighted by atomic mass is 35.5. The number of halogens is 5. The van der Waals surface area contributed by atoms with Crippen LogP contribution in [0.2, 0.25) is 5.15 Å². The molecule has 0 aliphatic carbocycles. The van der Waals surface area contributed by atoms with E-state index in [1.54, 1.807) is 0 Å². The van der Waals surface area contributed by atoms with Crippen molar-refractivity contribution in [2.75, 3.05) is 0 Å². The fourth-order valence-electron chi connectivity index (χ4n) is 1.49. The molecular weight excluding hydrogens is 300 g/mol. The fourth-order valence-corrected chi connectivity index (χ4v) is 1.70. The quantitative estimate of drug-likeness (QED) is 0.618. The summed E-state index contributed by atoms with van der Waals surface area (Å²) < 4.78 is 53.5. The zero-order chi connectivity index (χ0) is 14.9. The molecule has 2 rings (SSSR count). The smallest absolute Gasteiger partial charge is 0.406 e. The topological polar surface area (TPSA) is 35.0 Å². The van der Waals surface area contributed by atoms with Crippen molar-refractivity contribution in [1.82, 2.24) is 9.97 Å². The molecule has 3 nitrogen and oxygen atoms in total. The summed E-state index contributed by atoms with van der Waals surface area (Å²) in [6, 6.07) is 5.03. The SMILES string of the molecule is Cc1nc(-c2cccc(OC(F)(F)F)c2)nc(Cl)c1F. The molecule has 1 aromatic heterocycles. The minimum absolute atomic E-state index is 0.00198. The first-order chi connectivity index (χ1) is 9.26. The molecule has 20 heavy (non-hydrogen) atoms. The Labute approximate surface area is 116 Å². The molecule has 0 spiro atoms. The van der Waals surface area contributed by atoms with E-state index in [9.17, 15) is 17.6 Å². The molecule has 0 saturated carbocycles. The monoisotopic (exact) mass is 306 g/mol. The lowest BCUT2D eigenvalue weighted by atomic mass is 10.2. The number of benzene rings is 1. The first-order valence-corrected chi connectivity index (χ1v) is 5.70.